The minimum atomic E-state index is -0.949. The molecule has 0 fully saturated rings. The Labute approximate surface area is 97.7 Å². The van der Waals surface area contributed by atoms with Gasteiger partial charge in [0.25, 0.3) is 0 Å². The van der Waals surface area contributed by atoms with Crippen LogP contribution < -0.4 is 4.90 Å². The fourth-order valence-corrected chi connectivity index (χ4v) is 2.20. The van der Waals surface area contributed by atoms with Crippen LogP contribution in [0.15, 0.2) is 18.2 Å². The molecule has 0 radical (unpaired) electrons. The molecule has 0 saturated heterocycles. The number of halogens is 1. The Bertz CT molecular complexity index is 487. The van der Waals surface area contributed by atoms with Crippen LogP contribution in [0.3, 0.4) is 0 Å². The van der Waals surface area contributed by atoms with Crippen LogP contribution in [0, 0.1) is 5.82 Å². The second-order valence-electron chi connectivity index (χ2n) is 4.13. The van der Waals surface area contributed by atoms with E-state index in [1.54, 1.807) is 0 Å². The molecule has 1 atom stereocenters. The fraction of sp³-hybridized carbons (Fsp3) is 0.333. The molecule has 2 rings (SSSR count). The first-order valence-corrected chi connectivity index (χ1v) is 5.28. The van der Waals surface area contributed by atoms with E-state index >= 15 is 0 Å². The van der Waals surface area contributed by atoms with Crippen molar-refractivity contribution in [2.45, 2.75) is 19.3 Å². The van der Waals surface area contributed by atoms with Crippen molar-refractivity contribution in [2.24, 2.45) is 0 Å². The highest BCUT2D eigenvalue weighted by Crippen LogP contribution is 2.38. The first kappa shape index (κ1) is 11.6. The Morgan fingerprint density at radius 3 is 2.82 bits per heavy atom. The topological polar surface area (TPSA) is 57.6 Å². The van der Waals surface area contributed by atoms with Crippen LogP contribution in [-0.4, -0.2) is 23.5 Å². The molecule has 1 amide bonds. The summed E-state index contributed by atoms with van der Waals surface area (Å²) >= 11 is 0. The van der Waals surface area contributed by atoms with Gasteiger partial charge in [0.1, 0.15) is 5.82 Å². The summed E-state index contributed by atoms with van der Waals surface area (Å²) in [5.74, 6) is -1.85. The molecule has 4 nitrogen and oxygen atoms in total. The lowest BCUT2D eigenvalue weighted by Gasteiger charge is -2.14. The summed E-state index contributed by atoms with van der Waals surface area (Å²) in [6.07, 6.45) is -0.0970. The predicted molar refractivity (Wildman–Crippen MR) is 59.4 cm³/mol. The molecule has 1 aromatic carbocycles. The number of carboxylic acid groups (broad SMARTS) is 1. The highest BCUT2D eigenvalue weighted by atomic mass is 19.1. The molecule has 1 N–H and O–H groups in total. The average molecular weight is 237 g/mol. The lowest BCUT2D eigenvalue weighted by atomic mass is 9.98. The standard InChI is InChI=1S/C12H12FNO3/c1-7(15)14-6-8(4-12(16)17)10-5-9(13)2-3-11(10)14/h2-3,5,8H,4,6H2,1H3,(H,16,17). The molecule has 1 aliphatic heterocycles. The maximum absolute atomic E-state index is 13.2. The van der Waals surface area contributed by atoms with Gasteiger partial charge in [-0.25, -0.2) is 4.39 Å². The minimum Gasteiger partial charge on any atom is -0.481 e. The Morgan fingerprint density at radius 2 is 2.24 bits per heavy atom. The van der Waals surface area contributed by atoms with Gasteiger partial charge in [0.05, 0.1) is 6.42 Å². The zero-order valence-corrected chi connectivity index (χ0v) is 9.31. The third-order valence-corrected chi connectivity index (χ3v) is 2.92. The van der Waals surface area contributed by atoms with Gasteiger partial charge >= 0.3 is 5.97 Å². The van der Waals surface area contributed by atoms with E-state index in [2.05, 4.69) is 0 Å². The zero-order chi connectivity index (χ0) is 12.6. The van der Waals surface area contributed by atoms with Gasteiger partial charge in [-0.15, -0.1) is 0 Å². The van der Waals surface area contributed by atoms with Crippen LogP contribution in [-0.2, 0) is 9.59 Å². The normalized spacial score (nSPS) is 18.0. The van der Waals surface area contributed by atoms with Crippen molar-refractivity contribution in [2.75, 3.05) is 11.4 Å². The van der Waals surface area contributed by atoms with Crippen LogP contribution >= 0.6 is 0 Å². The van der Waals surface area contributed by atoms with Crippen LogP contribution in [0.2, 0.25) is 0 Å². The quantitative estimate of drug-likeness (QED) is 0.852. The van der Waals surface area contributed by atoms with Crippen molar-refractivity contribution >= 4 is 17.6 Å². The number of rotatable bonds is 2. The van der Waals surface area contributed by atoms with Crippen LogP contribution in [0.1, 0.15) is 24.8 Å². The summed E-state index contributed by atoms with van der Waals surface area (Å²) < 4.78 is 13.2. The van der Waals surface area contributed by atoms with Crippen molar-refractivity contribution in [1.82, 2.24) is 0 Å². The number of carbonyl (C=O) groups is 2. The Kier molecular flexibility index (Phi) is 2.83. The molecule has 5 heteroatoms. The molecule has 0 aliphatic carbocycles. The van der Waals surface area contributed by atoms with E-state index < -0.39 is 11.8 Å². The van der Waals surface area contributed by atoms with Crippen LogP contribution in [0.5, 0.6) is 0 Å². The van der Waals surface area contributed by atoms with Gasteiger partial charge in [-0.3, -0.25) is 9.59 Å². The SMILES string of the molecule is CC(=O)N1CC(CC(=O)O)c2cc(F)ccc21. The van der Waals surface area contributed by atoms with E-state index in [1.165, 1.54) is 30.0 Å². The maximum Gasteiger partial charge on any atom is 0.304 e. The van der Waals surface area contributed by atoms with E-state index in [-0.39, 0.29) is 18.2 Å². The summed E-state index contributed by atoms with van der Waals surface area (Å²) in [4.78, 5) is 23.6. The summed E-state index contributed by atoms with van der Waals surface area (Å²) in [6.45, 7) is 1.72. The molecular weight excluding hydrogens is 225 g/mol. The molecule has 0 spiro atoms. The highest BCUT2D eigenvalue weighted by Gasteiger charge is 2.32. The molecule has 0 bridgehead atoms. The summed E-state index contributed by atoms with van der Waals surface area (Å²) in [5, 5.41) is 8.80. The van der Waals surface area contributed by atoms with Crippen LogP contribution in [0.4, 0.5) is 10.1 Å². The van der Waals surface area contributed by atoms with Gasteiger partial charge in [0.15, 0.2) is 0 Å². The third kappa shape index (κ3) is 2.13. The number of hydrogen-bond acceptors (Lipinski definition) is 2. The van der Waals surface area contributed by atoms with Crippen molar-refractivity contribution in [3.05, 3.63) is 29.6 Å². The van der Waals surface area contributed by atoms with E-state index in [4.69, 9.17) is 5.11 Å². The highest BCUT2D eigenvalue weighted by molar-refractivity contribution is 5.94. The monoisotopic (exact) mass is 237 g/mol. The number of carbonyl (C=O) groups excluding carboxylic acids is 1. The summed E-state index contributed by atoms with van der Waals surface area (Å²) in [5.41, 5.74) is 1.22. The molecule has 0 aromatic heterocycles. The number of nitrogens with zero attached hydrogens (tertiary/aromatic N) is 1. The first-order chi connectivity index (χ1) is 7.99. The van der Waals surface area contributed by atoms with Gasteiger partial charge in [-0.2, -0.15) is 0 Å². The zero-order valence-electron chi connectivity index (χ0n) is 9.31. The maximum atomic E-state index is 13.2. The average Bonchev–Trinajstić information content (AvgIpc) is 2.56. The van der Waals surface area contributed by atoms with Gasteiger partial charge in [-0.1, -0.05) is 0 Å². The molecule has 1 unspecified atom stereocenters. The van der Waals surface area contributed by atoms with Gasteiger partial charge in [0, 0.05) is 25.1 Å². The van der Waals surface area contributed by atoms with Gasteiger partial charge < -0.3 is 10.0 Å². The van der Waals surface area contributed by atoms with E-state index in [0.29, 0.717) is 17.8 Å². The van der Waals surface area contributed by atoms with E-state index in [9.17, 15) is 14.0 Å². The molecule has 17 heavy (non-hydrogen) atoms. The summed E-state index contributed by atoms with van der Waals surface area (Å²) in [6, 6.07) is 4.11. The second kappa shape index (κ2) is 4.16. The molecule has 0 saturated carbocycles. The number of hydrogen-bond donors (Lipinski definition) is 1. The van der Waals surface area contributed by atoms with Gasteiger partial charge in [-0.05, 0) is 23.8 Å². The Morgan fingerprint density at radius 1 is 1.53 bits per heavy atom. The lowest BCUT2D eigenvalue weighted by Crippen LogP contribution is -2.27. The molecule has 90 valence electrons. The molecule has 1 aliphatic rings. The molecule has 1 aromatic rings. The number of amides is 1. The van der Waals surface area contributed by atoms with Gasteiger partial charge in [0.2, 0.25) is 5.91 Å². The van der Waals surface area contributed by atoms with Crippen molar-refractivity contribution in [3.8, 4) is 0 Å². The minimum absolute atomic E-state index is 0.0970. The summed E-state index contributed by atoms with van der Waals surface area (Å²) in [7, 11) is 0. The smallest absolute Gasteiger partial charge is 0.304 e. The van der Waals surface area contributed by atoms with Crippen molar-refractivity contribution in [1.29, 1.82) is 0 Å². The van der Waals surface area contributed by atoms with E-state index in [1.807, 2.05) is 0 Å². The third-order valence-electron chi connectivity index (χ3n) is 2.92. The Hall–Kier alpha value is -1.91. The molecule has 1 heterocycles. The predicted octanol–water partition coefficient (Wildman–Crippen LogP) is 1.75. The van der Waals surface area contributed by atoms with Crippen molar-refractivity contribution < 1.29 is 19.1 Å². The second-order valence-corrected chi connectivity index (χ2v) is 4.13. The largest absolute Gasteiger partial charge is 0.481 e. The molecular formula is C12H12FNO3. The van der Waals surface area contributed by atoms with E-state index in [0.717, 1.165) is 0 Å². The van der Waals surface area contributed by atoms with Crippen molar-refractivity contribution in [3.63, 3.8) is 0 Å². The number of benzene rings is 1. The number of aliphatic carboxylic acids is 1. The van der Waals surface area contributed by atoms with Crippen LogP contribution in [0.25, 0.3) is 0 Å². The lowest BCUT2D eigenvalue weighted by molar-refractivity contribution is -0.137. The number of anilines is 1. The fourth-order valence-electron chi connectivity index (χ4n) is 2.20. The number of carboxylic acids is 1. The first-order valence-electron chi connectivity index (χ1n) is 5.28. The Balaban J connectivity index is 2.40. The number of fused-ring (bicyclic) bond motifs is 1.